The van der Waals surface area contributed by atoms with E-state index < -0.39 is 10.0 Å². The third-order valence-corrected chi connectivity index (χ3v) is 6.31. The molecule has 0 atom stereocenters. The van der Waals surface area contributed by atoms with E-state index in [2.05, 4.69) is 10.4 Å². The maximum absolute atomic E-state index is 12.9. The molecule has 1 aromatic carbocycles. The van der Waals surface area contributed by atoms with Crippen molar-refractivity contribution in [2.24, 2.45) is 7.05 Å². The second-order valence-corrected chi connectivity index (χ2v) is 8.10. The molecule has 0 spiro atoms. The Labute approximate surface area is 143 Å². The molecule has 0 unspecified atom stereocenters. The molecular weight excluding hydrogens is 324 g/mol. The fourth-order valence-electron chi connectivity index (χ4n) is 3.05. The molecule has 0 aliphatic carbocycles. The molecule has 6 nitrogen and oxygen atoms in total. The van der Waals surface area contributed by atoms with E-state index in [0.29, 0.717) is 31.1 Å². The normalized spacial score (nSPS) is 16.4. The Bertz CT molecular complexity index is 779. The van der Waals surface area contributed by atoms with E-state index in [1.165, 1.54) is 0 Å². The molecule has 1 aliphatic rings. The van der Waals surface area contributed by atoms with Gasteiger partial charge in [-0.1, -0.05) is 24.6 Å². The van der Waals surface area contributed by atoms with Crippen molar-refractivity contribution in [1.29, 1.82) is 0 Å². The van der Waals surface area contributed by atoms with E-state index in [-0.39, 0.29) is 0 Å². The summed E-state index contributed by atoms with van der Waals surface area (Å²) in [5.74, 6) is 0. The van der Waals surface area contributed by atoms with Crippen LogP contribution in [0.4, 0.5) is 0 Å². The Balaban J connectivity index is 1.72. The summed E-state index contributed by atoms with van der Waals surface area (Å²) in [5.41, 5.74) is 1.89. The van der Waals surface area contributed by atoms with Gasteiger partial charge in [0.1, 0.15) is 0 Å². The topological polar surface area (TPSA) is 67.2 Å². The van der Waals surface area contributed by atoms with Gasteiger partial charge in [-0.05, 0) is 24.5 Å². The van der Waals surface area contributed by atoms with E-state index in [9.17, 15) is 8.42 Å². The minimum atomic E-state index is -3.41. The smallest absolute Gasteiger partial charge is 0.243 e. The molecule has 1 N–H and O–H groups in total. The number of benzene rings is 1. The second kappa shape index (κ2) is 7.46. The third-order valence-electron chi connectivity index (χ3n) is 4.31. The molecule has 130 valence electrons. The zero-order valence-corrected chi connectivity index (χ0v) is 14.8. The quantitative estimate of drug-likeness (QED) is 0.866. The first-order chi connectivity index (χ1) is 11.6. The summed E-state index contributed by atoms with van der Waals surface area (Å²) < 4.78 is 29.2. The van der Waals surface area contributed by atoms with E-state index >= 15 is 0 Å². The number of aromatic nitrogens is 2. The Hall–Kier alpha value is -1.70. The minimum absolute atomic E-state index is 0.422. The minimum Gasteiger partial charge on any atom is -0.308 e. The van der Waals surface area contributed by atoms with Gasteiger partial charge < -0.3 is 5.32 Å². The predicted molar refractivity (Wildman–Crippen MR) is 92.8 cm³/mol. The molecule has 1 aliphatic heterocycles. The van der Waals surface area contributed by atoms with Gasteiger partial charge in [0.05, 0.1) is 11.1 Å². The van der Waals surface area contributed by atoms with Gasteiger partial charge in [0.15, 0.2) is 0 Å². The van der Waals surface area contributed by atoms with Gasteiger partial charge in [-0.15, -0.1) is 0 Å². The number of rotatable bonds is 6. The van der Waals surface area contributed by atoms with Crippen LogP contribution < -0.4 is 5.32 Å². The second-order valence-electron chi connectivity index (χ2n) is 6.20. The predicted octanol–water partition coefficient (Wildman–Crippen LogP) is 1.88. The van der Waals surface area contributed by atoms with E-state index in [1.807, 2.05) is 31.6 Å². The van der Waals surface area contributed by atoms with Crippen LogP contribution >= 0.6 is 0 Å². The number of hydrogen-bond donors (Lipinski definition) is 1. The van der Waals surface area contributed by atoms with Crippen LogP contribution in [-0.4, -0.2) is 35.6 Å². The van der Waals surface area contributed by atoms with Crippen molar-refractivity contribution >= 4 is 10.0 Å². The van der Waals surface area contributed by atoms with Crippen molar-refractivity contribution in [3.05, 3.63) is 47.8 Å². The number of hydrogen-bond acceptors (Lipinski definition) is 4. The van der Waals surface area contributed by atoms with Gasteiger partial charge in [0, 0.05) is 45.0 Å². The van der Waals surface area contributed by atoms with E-state index in [4.69, 9.17) is 0 Å². The highest BCUT2D eigenvalue weighted by Crippen LogP contribution is 2.23. The van der Waals surface area contributed by atoms with Gasteiger partial charge >= 0.3 is 0 Å². The van der Waals surface area contributed by atoms with Crippen LogP contribution in [0, 0.1) is 0 Å². The first kappa shape index (κ1) is 17.1. The summed E-state index contributed by atoms with van der Waals surface area (Å²) in [6.45, 7) is 2.42. The molecule has 2 heterocycles. The van der Waals surface area contributed by atoms with Crippen LogP contribution in [0.1, 0.15) is 30.4 Å². The molecule has 1 aromatic heterocycles. The Morgan fingerprint density at radius 1 is 1.12 bits per heavy atom. The van der Waals surface area contributed by atoms with Gasteiger partial charge in [-0.2, -0.15) is 9.40 Å². The summed E-state index contributed by atoms with van der Waals surface area (Å²) in [4.78, 5) is 0.422. The number of sulfonamides is 1. The molecule has 24 heavy (non-hydrogen) atoms. The molecular formula is C17H24N4O2S. The van der Waals surface area contributed by atoms with E-state index in [0.717, 1.165) is 30.4 Å². The van der Waals surface area contributed by atoms with Gasteiger partial charge in [0.2, 0.25) is 10.0 Å². The number of piperidine rings is 1. The molecule has 0 bridgehead atoms. The fraction of sp³-hybridized carbons (Fsp3) is 0.471. The van der Waals surface area contributed by atoms with E-state index in [1.54, 1.807) is 21.1 Å². The van der Waals surface area contributed by atoms with Gasteiger partial charge in [-0.25, -0.2) is 8.42 Å². The van der Waals surface area contributed by atoms with Crippen LogP contribution in [0.5, 0.6) is 0 Å². The van der Waals surface area contributed by atoms with Crippen molar-refractivity contribution < 1.29 is 8.42 Å². The zero-order chi connectivity index (χ0) is 17.0. The van der Waals surface area contributed by atoms with Crippen LogP contribution in [0.2, 0.25) is 0 Å². The highest BCUT2D eigenvalue weighted by atomic mass is 32.2. The lowest BCUT2D eigenvalue weighted by molar-refractivity contribution is 0.346. The molecule has 0 amide bonds. The standard InChI is InChI=1S/C17H24N4O2S/c1-20-14-15(12-19-20)11-18-13-16-7-3-4-8-17(16)24(22,23)21-9-5-2-6-10-21/h3-4,7-8,12,14,18H,2,5-6,9-11,13H2,1H3. The van der Waals surface area contributed by atoms with Crippen LogP contribution in [0.15, 0.2) is 41.6 Å². The number of nitrogens with zero attached hydrogens (tertiary/aromatic N) is 3. The fourth-order valence-corrected chi connectivity index (χ4v) is 4.79. The maximum Gasteiger partial charge on any atom is 0.243 e. The van der Waals surface area contributed by atoms with Crippen molar-refractivity contribution in [2.75, 3.05) is 13.1 Å². The van der Waals surface area contributed by atoms with Gasteiger partial charge in [-0.3, -0.25) is 4.68 Å². The average molecular weight is 348 g/mol. The third kappa shape index (κ3) is 3.85. The molecule has 1 fully saturated rings. The molecule has 0 saturated carbocycles. The zero-order valence-electron chi connectivity index (χ0n) is 14.0. The molecule has 1 saturated heterocycles. The van der Waals surface area contributed by atoms with Crippen molar-refractivity contribution in [3.8, 4) is 0 Å². The summed E-state index contributed by atoms with van der Waals surface area (Å²) >= 11 is 0. The SMILES string of the molecule is Cn1cc(CNCc2ccccc2S(=O)(=O)N2CCCCC2)cn1. The lowest BCUT2D eigenvalue weighted by atomic mass is 10.2. The lowest BCUT2D eigenvalue weighted by Crippen LogP contribution is -2.36. The van der Waals surface area contributed by atoms with Crippen LogP contribution in [-0.2, 0) is 30.2 Å². The lowest BCUT2D eigenvalue weighted by Gasteiger charge is -2.26. The first-order valence-corrected chi connectivity index (χ1v) is 9.78. The number of nitrogens with one attached hydrogen (secondary N) is 1. The van der Waals surface area contributed by atoms with Crippen molar-refractivity contribution in [2.45, 2.75) is 37.2 Å². The molecule has 2 aromatic rings. The highest BCUT2D eigenvalue weighted by Gasteiger charge is 2.27. The van der Waals surface area contributed by atoms with Gasteiger partial charge in [0.25, 0.3) is 0 Å². The summed E-state index contributed by atoms with van der Waals surface area (Å²) in [5, 5.41) is 7.44. The Kier molecular flexibility index (Phi) is 5.33. The molecule has 0 radical (unpaired) electrons. The molecule has 7 heteroatoms. The Morgan fingerprint density at radius 2 is 1.88 bits per heavy atom. The highest BCUT2D eigenvalue weighted by molar-refractivity contribution is 7.89. The van der Waals surface area contributed by atoms with Crippen molar-refractivity contribution in [3.63, 3.8) is 0 Å². The largest absolute Gasteiger partial charge is 0.308 e. The van der Waals surface area contributed by atoms with Crippen LogP contribution in [0.25, 0.3) is 0 Å². The number of aryl methyl sites for hydroxylation is 1. The molecule has 3 rings (SSSR count). The summed E-state index contributed by atoms with van der Waals surface area (Å²) in [6.07, 6.45) is 6.76. The summed E-state index contributed by atoms with van der Waals surface area (Å²) in [7, 11) is -1.53. The Morgan fingerprint density at radius 3 is 2.58 bits per heavy atom. The summed E-state index contributed by atoms with van der Waals surface area (Å²) in [6, 6.07) is 7.27. The maximum atomic E-state index is 12.9. The van der Waals surface area contributed by atoms with Crippen molar-refractivity contribution in [1.82, 2.24) is 19.4 Å². The first-order valence-electron chi connectivity index (χ1n) is 8.34. The van der Waals surface area contributed by atoms with Crippen LogP contribution in [0.3, 0.4) is 0 Å². The monoisotopic (exact) mass is 348 g/mol. The average Bonchev–Trinajstić information content (AvgIpc) is 3.01.